The highest BCUT2D eigenvalue weighted by atomic mass is 16.2. The summed E-state index contributed by atoms with van der Waals surface area (Å²) in [6.45, 7) is 0.916. The molecule has 2 fully saturated rings. The third-order valence-electron chi connectivity index (χ3n) is 4.37. The number of carbonyl (C=O) groups excluding carboxylic acids is 1. The van der Waals surface area contributed by atoms with Crippen molar-refractivity contribution in [1.29, 1.82) is 0 Å². The number of piperidine rings is 1. The second kappa shape index (κ2) is 5.12. The van der Waals surface area contributed by atoms with Gasteiger partial charge in [0.15, 0.2) is 0 Å². The second-order valence-corrected chi connectivity index (χ2v) is 5.54. The minimum Gasteiger partial charge on any atom is -0.334 e. The Morgan fingerprint density at radius 3 is 2.72 bits per heavy atom. The van der Waals surface area contributed by atoms with Crippen LogP contribution in [0.2, 0.25) is 0 Å². The molecule has 2 aliphatic rings. The van der Waals surface area contributed by atoms with E-state index >= 15 is 0 Å². The van der Waals surface area contributed by atoms with E-state index < -0.39 is 0 Å². The Hall–Kier alpha value is -1.32. The Labute approximate surface area is 108 Å². The first kappa shape index (κ1) is 11.8. The number of carbonyl (C=O) groups is 1. The minimum absolute atomic E-state index is 0.231. The number of nitrogens with one attached hydrogen (secondary N) is 1. The third kappa shape index (κ3) is 2.16. The SMILES string of the molecule is O=C(C1CCCC1)N1CCCC[C@H]1c1ccn[nH]1. The smallest absolute Gasteiger partial charge is 0.226 e. The van der Waals surface area contributed by atoms with Gasteiger partial charge in [0.25, 0.3) is 0 Å². The van der Waals surface area contributed by atoms with Crippen molar-refractivity contribution >= 4 is 5.91 Å². The first-order valence-corrected chi connectivity index (χ1v) is 7.16. The summed E-state index contributed by atoms with van der Waals surface area (Å²) in [5.74, 6) is 0.667. The van der Waals surface area contributed by atoms with Gasteiger partial charge < -0.3 is 4.90 Å². The van der Waals surface area contributed by atoms with Crippen LogP contribution < -0.4 is 0 Å². The summed E-state index contributed by atoms with van der Waals surface area (Å²) in [5.41, 5.74) is 1.10. The molecule has 1 saturated heterocycles. The average molecular weight is 247 g/mol. The number of nitrogens with zero attached hydrogens (tertiary/aromatic N) is 2. The van der Waals surface area contributed by atoms with Gasteiger partial charge in [-0.15, -0.1) is 0 Å². The lowest BCUT2D eigenvalue weighted by molar-refractivity contribution is -0.139. The zero-order valence-corrected chi connectivity index (χ0v) is 10.8. The van der Waals surface area contributed by atoms with Gasteiger partial charge in [-0.05, 0) is 38.2 Å². The lowest BCUT2D eigenvalue weighted by Gasteiger charge is -2.36. The van der Waals surface area contributed by atoms with Gasteiger partial charge in [0.05, 0.1) is 11.7 Å². The Bertz CT molecular complexity index is 395. The van der Waals surface area contributed by atoms with Gasteiger partial charge in [-0.25, -0.2) is 0 Å². The molecule has 0 bridgehead atoms. The molecule has 1 atom stereocenters. The van der Waals surface area contributed by atoms with Crippen LogP contribution >= 0.6 is 0 Å². The predicted octanol–water partition coefficient (Wildman–Crippen LogP) is 2.65. The van der Waals surface area contributed by atoms with Gasteiger partial charge in [0.2, 0.25) is 5.91 Å². The summed E-state index contributed by atoms with van der Waals surface area (Å²) in [4.78, 5) is 14.7. The normalized spacial score (nSPS) is 25.6. The zero-order chi connectivity index (χ0) is 12.4. The molecule has 1 aliphatic heterocycles. The molecule has 2 heterocycles. The van der Waals surface area contributed by atoms with Gasteiger partial charge in [-0.1, -0.05) is 12.8 Å². The average Bonchev–Trinajstić information content (AvgIpc) is 3.11. The molecule has 1 N–H and O–H groups in total. The molecule has 0 unspecified atom stereocenters. The molecule has 1 aromatic rings. The summed E-state index contributed by atoms with van der Waals surface area (Å²) in [5, 5.41) is 7.06. The molecule has 3 rings (SSSR count). The molecule has 1 amide bonds. The van der Waals surface area contributed by atoms with Crippen molar-refractivity contribution in [2.24, 2.45) is 5.92 Å². The van der Waals surface area contributed by atoms with E-state index in [4.69, 9.17) is 0 Å². The van der Waals surface area contributed by atoms with Gasteiger partial charge in [-0.3, -0.25) is 9.89 Å². The Balaban J connectivity index is 1.77. The monoisotopic (exact) mass is 247 g/mol. The van der Waals surface area contributed by atoms with Gasteiger partial charge >= 0.3 is 0 Å². The van der Waals surface area contributed by atoms with E-state index in [9.17, 15) is 4.79 Å². The molecular formula is C14H21N3O. The van der Waals surface area contributed by atoms with E-state index in [-0.39, 0.29) is 12.0 Å². The number of aromatic nitrogens is 2. The van der Waals surface area contributed by atoms with Crippen LogP contribution in [-0.4, -0.2) is 27.5 Å². The van der Waals surface area contributed by atoms with Crippen LogP contribution in [0.4, 0.5) is 0 Å². The maximum absolute atomic E-state index is 12.6. The van der Waals surface area contributed by atoms with E-state index in [1.807, 2.05) is 6.07 Å². The van der Waals surface area contributed by atoms with E-state index in [0.29, 0.717) is 5.91 Å². The van der Waals surface area contributed by atoms with Crippen LogP contribution in [0.5, 0.6) is 0 Å². The largest absolute Gasteiger partial charge is 0.334 e. The third-order valence-corrected chi connectivity index (χ3v) is 4.37. The summed E-state index contributed by atoms with van der Waals surface area (Å²) in [7, 11) is 0. The number of rotatable bonds is 2. The Morgan fingerprint density at radius 2 is 2.00 bits per heavy atom. The fraction of sp³-hybridized carbons (Fsp3) is 0.714. The highest BCUT2D eigenvalue weighted by Crippen LogP contribution is 2.34. The van der Waals surface area contributed by atoms with E-state index in [1.165, 1.54) is 19.3 Å². The first-order chi connectivity index (χ1) is 8.86. The summed E-state index contributed by atoms with van der Waals surface area (Å²) in [6, 6.07) is 2.24. The lowest BCUT2D eigenvalue weighted by atomic mass is 9.96. The van der Waals surface area contributed by atoms with Gasteiger partial charge in [0, 0.05) is 18.7 Å². The lowest BCUT2D eigenvalue weighted by Crippen LogP contribution is -2.41. The van der Waals surface area contributed by atoms with Gasteiger partial charge in [0.1, 0.15) is 0 Å². The van der Waals surface area contributed by atoms with Crippen molar-refractivity contribution in [2.75, 3.05) is 6.54 Å². The molecule has 0 spiro atoms. The minimum atomic E-state index is 0.231. The van der Waals surface area contributed by atoms with Crippen LogP contribution in [0.15, 0.2) is 12.3 Å². The number of amides is 1. The molecule has 1 aliphatic carbocycles. The van der Waals surface area contributed by atoms with Crippen LogP contribution in [0.1, 0.15) is 56.7 Å². The number of hydrogen-bond acceptors (Lipinski definition) is 2. The van der Waals surface area contributed by atoms with Crippen molar-refractivity contribution in [1.82, 2.24) is 15.1 Å². The molecule has 98 valence electrons. The fourth-order valence-electron chi connectivity index (χ4n) is 3.38. The zero-order valence-electron chi connectivity index (χ0n) is 10.8. The first-order valence-electron chi connectivity index (χ1n) is 7.16. The topological polar surface area (TPSA) is 49.0 Å². The molecular weight excluding hydrogens is 226 g/mol. The summed E-state index contributed by atoms with van der Waals surface area (Å²) in [6.07, 6.45) is 9.82. The highest BCUT2D eigenvalue weighted by Gasteiger charge is 2.33. The molecule has 4 heteroatoms. The van der Waals surface area contributed by atoms with Crippen LogP contribution in [0.3, 0.4) is 0 Å². The fourth-order valence-corrected chi connectivity index (χ4v) is 3.38. The molecule has 0 aromatic carbocycles. The van der Waals surface area contributed by atoms with Crippen molar-refractivity contribution < 1.29 is 4.79 Å². The number of H-pyrrole nitrogens is 1. The maximum Gasteiger partial charge on any atom is 0.226 e. The van der Waals surface area contributed by atoms with Crippen LogP contribution in [0, 0.1) is 5.92 Å². The quantitative estimate of drug-likeness (QED) is 0.873. The van der Waals surface area contributed by atoms with Crippen molar-refractivity contribution in [2.45, 2.75) is 51.0 Å². The molecule has 1 aromatic heterocycles. The predicted molar refractivity (Wildman–Crippen MR) is 68.9 cm³/mol. The van der Waals surface area contributed by atoms with E-state index in [0.717, 1.165) is 37.9 Å². The van der Waals surface area contributed by atoms with Crippen molar-refractivity contribution in [3.8, 4) is 0 Å². The Morgan fingerprint density at radius 1 is 1.22 bits per heavy atom. The van der Waals surface area contributed by atoms with Crippen LogP contribution in [0.25, 0.3) is 0 Å². The standard InChI is InChI=1S/C14H21N3O/c18-14(11-5-1-2-6-11)17-10-4-3-7-13(17)12-8-9-15-16-12/h8-9,11,13H,1-7,10H2,(H,15,16)/t13-/m0/s1. The molecule has 0 radical (unpaired) electrons. The number of hydrogen-bond donors (Lipinski definition) is 1. The van der Waals surface area contributed by atoms with E-state index in [2.05, 4.69) is 15.1 Å². The summed E-state index contributed by atoms with van der Waals surface area (Å²) >= 11 is 0. The summed E-state index contributed by atoms with van der Waals surface area (Å²) < 4.78 is 0. The maximum atomic E-state index is 12.6. The van der Waals surface area contributed by atoms with Crippen LogP contribution in [-0.2, 0) is 4.79 Å². The van der Waals surface area contributed by atoms with Gasteiger partial charge in [-0.2, -0.15) is 5.10 Å². The highest BCUT2D eigenvalue weighted by molar-refractivity contribution is 5.79. The van der Waals surface area contributed by atoms with Crippen molar-refractivity contribution in [3.63, 3.8) is 0 Å². The second-order valence-electron chi connectivity index (χ2n) is 5.54. The molecule has 4 nitrogen and oxygen atoms in total. The molecule has 1 saturated carbocycles. The van der Waals surface area contributed by atoms with E-state index in [1.54, 1.807) is 6.20 Å². The molecule has 18 heavy (non-hydrogen) atoms. The van der Waals surface area contributed by atoms with Crippen molar-refractivity contribution in [3.05, 3.63) is 18.0 Å². The Kier molecular flexibility index (Phi) is 3.35. The number of aromatic amines is 1. The number of likely N-dealkylation sites (tertiary alicyclic amines) is 1.